The number of hydrogen-bond acceptors (Lipinski definition) is 6. The summed E-state index contributed by atoms with van der Waals surface area (Å²) in [6, 6.07) is 13.1. The van der Waals surface area contributed by atoms with Crippen molar-refractivity contribution in [3.05, 3.63) is 54.1 Å². The van der Waals surface area contributed by atoms with Crippen molar-refractivity contribution in [2.24, 2.45) is 0 Å². The summed E-state index contributed by atoms with van der Waals surface area (Å²) in [7, 11) is 0. The number of aliphatic hydroxyl groups is 1. The van der Waals surface area contributed by atoms with Crippen LogP contribution in [-0.2, 0) is 4.79 Å². The third-order valence-corrected chi connectivity index (χ3v) is 4.21. The number of rotatable bonds is 12. The van der Waals surface area contributed by atoms with E-state index in [1.165, 1.54) is 6.92 Å². The maximum Gasteiger partial charge on any atom is 0.343 e. The number of unbranched alkanes of at least 4 members (excludes halogenated alkanes) is 5. The van der Waals surface area contributed by atoms with Crippen LogP contribution in [-0.4, -0.2) is 30.3 Å². The SMILES string of the molecule is CC(=O)Oc1ccc(OC(=O)c2ccc(OCCCCCCCCO)cc2)cc1. The van der Waals surface area contributed by atoms with Crippen molar-refractivity contribution in [2.75, 3.05) is 13.2 Å². The third-order valence-electron chi connectivity index (χ3n) is 4.21. The Balaban J connectivity index is 1.72. The first-order chi connectivity index (χ1) is 14.1. The maximum atomic E-state index is 12.2. The van der Waals surface area contributed by atoms with E-state index < -0.39 is 11.9 Å². The van der Waals surface area contributed by atoms with Gasteiger partial charge in [-0.1, -0.05) is 25.7 Å². The number of hydrogen-bond donors (Lipinski definition) is 1. The smallest absolute Gasteiger partial charge is 0.343 e. The van der Waals surface area contributed by atoms with Crippen molar-refractivity contribution < 1.29 is 28.9 Å². The van der Waals surface area contributed by atoms with Crippen molar-refractivity contribution in [1.82, 2.24) is 0 Å². The molecule has 156 valence electrons. The highest BCUT2D eigenvalue weighted by Gasteiger charge is 2.09. The van der Waals surface area contributed by atoms with Gasteiger partial charge < -0.3 is 19.3 Å². The minimum absolute atomic E-state index is 0.273. The van der Waals surface area contributed by atoms with Gasteiger partial charge >= 0.3 is 11.9 Å². The van der Waals surface area contributed by atoms with Gasteiger partial charge in [0.15, 0.2) is 0 Å². The largest absolute Gasteiger partial charge is 0.494 e. The summed E-state index contributed by atoms with van der Waals surface area (Å²) in [6.07, 6.45) is 6.33. The molecule has 0 fully saturated rings. The van der Waals surface area contributed by atoms with E-state index in [9.17, 15) is 9.59 Å². The molecule has 0 unspecified atom stereocenters. The highest BCUT2D eigenvalue weighted by Crippen LogP contribution is 2.20. The fourth-order valence-corrected chi connectivity index (χ4v) is 2.71. The first kappa shape index (κ1) is 22.4. The molecule has 0 aliphatic carbocycles. The summed E-state index contributed by atoms with van der Waals surface area (Å²) in [6.45, 7) is 2.23. The zero-order valence-corrected chi connectivity index (χ0v) is 16.8. The normalized spacial score (nSPS) is 10.4. The summed E-state index contributed by atoms with van der Waals surface area (Å²) in [5, 5.41) is 8.73. The lowest BCUT2D eigenvalue weighted by Gasteiger charge is -2.08. The Kier molecular flexibility index (Phi) is 9.72. The molecule has 0 radical (unpaired) electrons. The van der Waals surface area contributed by atoms with Crippen LogP contribution in [0.15, 0.2) is 48.5 Å². The van der Waals surface area contributed by atoms with Crippen LogP contribution in [0.4, 0.5) is 0 Å². The van der Waals surface area contributed by atoms with E-state index in [0.717, 1.165) is 38.5 Å². The Bertz CT molecular complexity index is 752. The lowest BCUT2D eigenvalue weighted by molar-refractivity contribution is -0.131. The molecule has 0 bridgehead atoms. The molecule has 0 aromatic heterocycles. The highest BCUT2D eigenvalue weighted by atomic mass is 16.5. The van der Waals surface area contributed by atoms with Crippen molar-refractivity contribution in [3.63, 3.8) is 0 Å². The fraction of sp³-hybridized carbons (Fsp3) is 0.391. The van der Waals surface area contributed by atoms with Crippen LogP contribution in [0.3, 0.4) is 0 Å². The summed E-state index contributed by atoms with van der Waals surface area (Å²) in [5.74, 6) is 0.594. The molecule has 2 rings (SSSR count). The van der Waals surface area contributed by atoms with Gasteiger partial charge in [-0.25, -0.2) is 4.79 Å². The molecule has 1 N–H and O–H groups in total. The van der Waals surface area contributed by atoms with E-state index >= 15 is 0 Å². The van der Waals surface area contributed by atoms with E-state index in [-0.39, 0.29) is 6.61 Å². The van der Waals surface area contributed by atoms with Gasteiger partial charge in [-0.2, -0.15) is 0 Å². The second-order valence-electron chi connectivity index (χ2n) is 6.67. The van der Waals surface area contributed by atoms with E-state index in [1.807, 2.05) is 0 Å². The molecule has 0 saturated carbocycles. The van der Waals surface area contributed by atoms with E-state index in [1.54, 1.807) is 48.5 Å². The van der Waals surface area contributed by atoms with E-state index in [2.05, 4.69) is 0 Å². The predicted octanol–water partition coefficient (Wildman–Crippen LogP) is 4.54. The lowest BCUT2D eigenvalue weighted by Crippen LogP contribution is -2.08. The summed E-state index contributed by atoms with van der Waals surface area (Å²) < 4.78 is 16.0. The van der Waals surface area contributed by atoms with Gasteiger partial charge in [0.25, 0.3) is 0 Å². The summed E-state index contributed by atoms with van der Waals surface area (Å²) in [5.41, 5.74) is 0.422. The molecule has 0 saturated heterocycles. The number of aliphatic hydroxyl groups excluding tert-OH is 1. The van der Waals surface area contributed by atoms with Crippen molar-refractivity contribution in [3.8, 4) is 17.2 Å². The van der Waals surface area contributed by atoms with Crippen LogP contribution in [0.5, 0.6) is 17.2 Å². The Morgan fingerprint density at radius 1 is 0.724 bits per heavy atom. The minimum Gasteiger partial charge on any atom is -0.494 e. The Hall–Kier alpha value is -2.86. The molecule has 0 aliphatic rings. The molecule has 29 heavy (non-hydrogen) atoms. The van der Waals surface area contributed by atoms with Crippen molar-refractivity contribution >= 4 is 11.9 Å². The van der Waals surface area contributed by atoms with Crippen molar-refractivity contribution in [2.45, 2.75) is 45.4 Å². The minimum atomic E-state index is -0.473. The van der Waals surface area contributed by atoms with Gasteiger partial charge in [0.1, 0.15) is 17.2 Å². The molecule has 6 nitrogen and oxygen atoms in total. The molecule has 0 spiro atoms. The fourth-order valence-electron chi connectivity index (χ4n) is 2.71. The van der Waals surface area contributed by atoms with Crippen LogP contribution >= 0.6 is 0 Å². The van der Waals surface area contributed by atoms with Crippen LogP contribution < -0.4 is 14.2 Å². The molecule has 6 heteroatoms. The van der Waals surface area contributed by atoms with Gasteiger partial charge in [0.2, 0.25) is 0 Å². The second-order valence-corrected chi connectivity index (χ2v) is 6.67. The molecule has 0 heterocycles. The zero-order valence-electron chi connectivity index (χ0n) is 16.8. The molecule has 2 aromatic carbocycles. The molecule has 2 aromatic rings. The van der Waals surface area contributed by atoms with Gasteiger partial charge in [-0.15, -0.1) is 0 Å². The third kappa shape index (κ3) is 8.79. The Morgan fingerprint density at radius 2 is 1.24 bits per heavy atom. The lowest BCUT2D eigenvalue weighted by atomic mass is 10.1. The van der Waals surface area contributed by atoms with Crippen LogP contribution in [0.2, 0.25) is 0 Å². The van der Waals surface area contributed by atoms with Gasteiger partial charge in [0, 0.05) is 13.5 Å². The molecule has 0 amide bonds. The molecular formula is C23H28O6. The first-order valence-electron chi connectivity index (χ1n) is 9.93. The van der Waals surface area contributed by atoms with Gasteiger partial charge in [-0.3, -0.25) is 4.79 Å². The molecule has 0 atom stereocenters. The van der Waals surface area contributed by atoms with Crippen molar-refractivity contribution in [1.29, 1.82) is 0 Å². The first-order valence-corrected chi connectivity index (χ1v) is 9.93. The monoisotopic (exact) mass is 400 g/mol. The summed E-state index contributed by atoms with van der Waals surface area (Å²) >= 11 is 0. The van der Waals surface area contributed by atoms with Gasteiger partial charge in [0.05, 0.1) is 12.2 Å². The highest BCUT2D eigenvalue weighted by molar-refractivity contribution is 5.91. The summed E-state index contributed by atoms with van der Waals surface area (Å²) in [4.78, 5) is 23.1. The molecular weight excluding hydrogens is 372 g/mol. The number of ether oxygens (including phenoxy) is 3. The Morgan fingerprint density at radius 3 is 1.83 bits per heavy atom. The quantitative estimate of drug-likeness (QED) is 0.320. The number of carbonyl (C=O) groups excluding carboxylic acids is 2. The number of carbonyl (C=O) groups is 2. The van der Waals surface area contributed by atoms with Crippen LogP contribution in [0.1, 0.15) is 55.8 Å². The second kappa shape index (κ2) is 12.6. The Labute approximate surface area is 171 Å². The van der Waals surface area contributed by atoms with Gasteiger partial charge in [-0.05, 0) is 61.4 Å². The van der Waals surface area contributed by atoms with Crippen LogP contribution in [0, 0.1) is 0 Å². The zero-order chi connectivity index (χ0) is 20.9. The van der Waals surface area contributed by atoms with Crippen LogP contribution in [0.25, 0.3) is 0 Å². The standard InChI is InChI=1S/C23H28O6/c1-18(25)28-21-12-14-22(15-13-21)29-23(26)19-8-10-20(11-9-19)27-17-7-5-3-2-4-6-16-24/h8-15,24H,2-7,16-17H2,1H3. The average Bonchev–Trinajstić information content (AvgIpc) is 2.71. The predicted molar refractivity (Wildman–Crippen MR) is 109 cm³/mol. The average molecular weight is 400 g/mol. The van der Waals surface area contributed by atoms with E-state index in [4.69, 9.17) is 19.3 Å². The maximum absolute atomic E-state index is 12.2. The number of benzene rings is 2. The van der Waals surface area contributed by atoms with E-state index in [0.29, 0.717) is 29.4 Å². The topological polar surface area (TPSA) is 82.1 Å². The number of esters is 2. The molecule has 0 aliphatic heterocycles.